The molecule has 5 heteroatoms. The highest BCUT2D eigenvalue weighted by Gasteiger charge is 2.32. The number of hydrogen-bond acceptors (Lipinski definition) is 2. The maximum absolute atomic E-state index is 12.3. The van der Waals surface area contributed by atoms with E-state index in [2.05, 4.69) is 13.8 Å². The first kappa shape index (κ1) is 13.5. The fraction of sp³-hybridized carbons (Fsp3) is 0.462. The van der Waals surface area contributed by atoms with E-state index in [0.29, 0.717) is 21.3 Å². The molecule has 2 rings (SSSR count). The fourth-order valence-corrected chi connectivity index (χ4v) is 2.66. The SMILES string of the molecule is CC1(C)CCN(C(=O)c2cc(Cl)c(N)c(Cl)c2)C1. The van der Waals surface area contributed by atoms with Crippen LogP contribution in [0.1, 0.15) is 30.6 Å². The quantitative estimate of drug-likeness (QED) is 0.804. The first-order chi connectivity index (χ1) is 8.30. The van der Waals surface area contributed by atoms with Crippen molar-refractivity contribution in [2.45, 2.75) is 20.3 Å². The van der Waals surface area contributed by atoms with Gasteiger partial charge in [-0.1, -0.05) is 37.0 Å². The number of likely N-dealkylation sites (tertiary alicyclic amines) is 1. The molecule has 18 heavy (non-hydrogen) atoms. The number of nitrogens with zero attached hydrogens (tertiary/aromatic N) is 1. The van der Waals surface area contributed by atoms with Crippen LogP contribution in [0.15, 0.2) is 12.1 Å². The summed E-state index contributed by atoms with van der Waals surface area (Å²) in [7, 11) is 0. The monoisotopic (exact) mass is 286 g/mol. The van der Waals surface area contributed by atoms with Crippen LogP contribution in [0.5, 0.6) is 0 Å². The van der Waals surface area contributed by atoms with E-state index in [0.717, 1.165) is 19.5 Å². The number of hydrogen-bond donors (Lipinski definition) is 1. The Hall–Kier alpha value is -0.930. The molecule has 0 unspecified atom stereocenters. The largest absolute Gasteiger partial charge is 0.396 e. The standard InChI is InChI=1S/C13H16Cl2N2O/c1-13(2)3-4-17(7-13)12(18)8-5-9(14)11(16)10(15)6-8/h5-6H,3-4,7,16H2,1-2H3. The van der Waals surface area contributed by atoms with Crippen molar-refractivity contribution < 1.29 is 4.79 Å². The highest BCUT2D eigenvalue weighted by Crippen LogP contribution is 2.32. The van der Waals surface area contributed by atoms with Crippen molar-refractivity contribution in [3.8, 4) is 0 Å². The zero-order chi connectivity index (χ0) is 13.5. The number of carbonyl (C=O) groups excluding carboxylic acids is 1. The lowest BCUT2D eigenvalue weighted by Crippen LogP contribution is -2.30. The molecule has 0 aromatic heterocycles. The summed E-state index contributed by atoms with van der Waals surface area (Å²) < 4.78 is 0. The van der Waals surface area contributed by atoms with Gasteiger partial charge in [-0.25, -0.2) is 0 Å². The molecule has 2 N–H and O–H groups in total. The topological polar surface area (TPSA) is 46.3 Å². The molecule has 98 valence electrons. The molecule has 0 spiro atoms. The van der Waals surface area contributed by atoms with Crippen LogP contribution in [0.2, 0.25) is 10.0 Å². The van der Waals surface area contributed by atoms with E-state index in [4.69, 9.17) is 28.9 Å². The molecule has 1 aromatic rings. The minimum absolute atomic E-state index is 0.0376. The third kappa shape index (κ3) is 2.57. The third-order valence-corrected chi connectivity index (χ3v) is 3.92. The molecule has 1 aliphatic rings. The van der Waals surface area contributed by atoms with Crippen LogP contribution in [-0.2, 0) is 0 Å². The zero-order valence-corrected chi connectivity index (χ0v) is 12.0. The minimum atomic E-state index is -0.0376. The maximum Gasteiger partial charge on any atom is 0.253 e. The van der Waals surface area contributed by atoms with Gasteiger partial charge < -0.3 is 10.6 Å². The van der Waals surface area contributed by atoms with Gasteiger partial charge in [0.1, 0.15) is 0 Å². The molecule has 1 aromatic carbocycles. The normalized spacial score (nSPS) is 18.1. The van der Waals surface area contributed by atoms with Crippen LogP contribution < -0.4 is 5.73 Å². The lowest BCUT2D eigenvalue weighted by Gasteiger charge is -2.20. The second-order valence-corrected chi connectivity index (χ2v) is 6.31. The van der Waals surface area contributed by atoms with Crippen molar-refractivity contribution in [2.75, 3.05) is 18.8 Å². The highest BCUT2D eigenvalue weighted by molar-refractivity contribution is 6.39. The fourth-order valence-electron chi connectivity index (χ4n) is 2.18. The molecule has 1 saturated heterocycles. The Morgan fingerprint density at radius 3 is 2.33 bits per heavy atom. The summed E-state index contributed by atoms with van der Waals surface area (Å²) in [5.74, 6) is -0.0376. The van der Waals surface area contributed by atoms with Gasteiger partial charge in [0.05, 0.1) is 15.7 Å². The van der Waals surface area contributed by atoms with Crippen LogP contribution in [-0.4, -0.2) is 23.9 Å². The van der Waals surface area contributed by atoms with Gasteiger partial charge in [-0.3, -0.25) is 4.79 Å². The van der Waals surface area contributed by atoms with Gasteiger partial charge in [0, 0.05) is 18.7 Å². The number of nitrogen functional groups attached to an aromatic ring is 1. The van der Waals surface area contributed by atoms with Gasteiger partial charge in [-0.15, -0.1) is 0 Å². The number of rotatable bonds is 1. The Kier molecular flexibility index (Phi) is 3.47. The van der Waals surface area contributed by atoms with Crippen LogP contribution in [0.3, 0.4) is 0 Å². The predicted octanol–water partition coefficient (Wildman–Crippen LogP) is 3.45. The predicted molar refractivity (Wildman–Crippen MR) is 75.2 cm³/mol. The Morgan fingerprint density at radius 2 is 1.89 bits per heavy atom. The van der Waals surface area contributed by atoms with Crippen LogP contribution in [0.4, 0.5) is 5.69 Å². The van der Waals surface area contributed by atoms with E-state index in [1.165, 1.54) is 0 Å². The minimum Gasteiger partial charge on any atom is -0.396 e. The van der Waals surface area contributed by atoms with Gasteiger partial charge >= 0.3 is 0 Å². The lowest BCUT2D eigenvalue weighted by atomic mass is 9.93. The first-order valence-corrected chi connectivity index (χ1v) is 6.59. The molecule has 0 saturated carbocycles. The smallest absolute Gasteiger partial charge is 0.253 e. The average Bonchev–Trinajstić information content (AvgIpc) is 2.65. The van der Waals surface area contributed by atoms with E-state index in [1.54, 1.807) is 12.1 Å². The van der Waals surface area contributed by atoms with E-state index >= 15 is 0 Å². The third-order valence-electron chi connectivity index (χ3n) is 3.29. The molecule has 3 nitrogen and oxygen atoms in total. The molecule has 1 aliphatic heterocycles. The summed E-state index contributed by atoms with van der Waals surface area (Å²) in [4.78, 5) is 14.1. The number of carbonyl (C=O) groups is 1. The molecule has 0 aliphatic carbocycles. The summed E-state index contributed by atoms with van der Waals surface area (Å²) in [6.07, 6.45) is 1.01. The maximum atomic E-state index is 12.3. The van der Waals surface area contributed by atoms with Gasteiger partial charge in [0.25, 0.3) is 5.91 Å². The number of amides is 1. The van der Waals surface area contributed by atoms with E-state index in [-0.39, 0.29) is 11.3 Å². The average molecular weight is 287 g/mol. The van der Waals surface area contributed by atoms with Crippen molar-refractivity contribution in [2.24, 2.45) is 5.41 Å². The lowest BCUT2D eigenvalue weighted by molar-refractivity contribution is 0.0778. The summed E-state index contributed by atoms with van der Waals surface area (Å²) in [5, 5.41) is 0.647. The van der Waals surface area contributed by atoms with Crippen molar-refractivity contribution in [1.82, 2.24) is 4.90 Å². The van der Waals surface area contributed by atoms with Crippen LogP contribution >= 0.6 is 23.2 Å². The van der Waals surface area contributed by atoms with E-state index < -0.39 is 0 Å². The van der Waals surface area contributed by atoms with Crippen LogP contribution in [0.25, 0.3) is 0 Å². The summed E-state index contributed by atoms with van der Waals surface area (Å²) in [6, 6.07) is 3.16. The van der Waals surface area contributed by atoms with Gasteiger partial charge in [-0.05, 0) is 24.0 Å². The molecule has 1 fully saturated rings. The van der Waals surface area contributed by atoms with Crippen molar-refractivity contribution in [3.05, 3.63) is 27.7 Å². The Labute approximate surface area is 117 Å². The van der Waals surface area contributed by atoms with Crippen molar-refractivity contribution in [3.63, 3.8) is 0 Å². The number of halogens is 2. The number of anilines is 1. The van der Waals surface area contributed by atoms with Crippen molar-refractivity contribution in [1.29, 1.82) is 0 Å². The Morgan fingerprint density at radius 1 is 1.33 bits per heavy atom. The summed E-state index contributed by atoms with van der Waals surface area (Å²) in [5.41, 5.74) is 6.65. The molecule has 1 amide bonds. The summed E-state index contributed by atoms with van der Waals surface area (Å²) >= 11 is 11.9. The highest BCUT2D eigenvalue weighted by atomic mass is 35.5. The Balaban J connectivity index is 2.25. The van der Waals surface area contributed by atoms with Gasteiger partial charge in [0.15, 0.2) is 0 Å². The van der Waals surface area contributed by atoms with E-state index in [9.17, 15) is 4.79 Å². The molecule has 0 atom stereocenters. The molecule has 1 heterocycles. The molecular formula is C13H16Cl2N2O. The second-order valence-electron chi connectivity index (χ2n) is 5.49. The molecule has 0 bridgehead atoms. The van der Waals surface area contributed by atoms with Gasteiger partial charge in [-0.2, -0.15) is 0 Å². The number of benzene rings is 1. The summed E-state index contributed by atoms with van der Waals surface area (Å²) in [6.45, 7) is 5.84. The first-order valence-electron chi connectivity index (χ1n) is 5.84. The van der Waals surface area contributed by atoms with E-state index in [1.807, 2.05) is 4.90 Å². The zero-order valence-electron chi connectivity index (χ0n) is 10.5. The number of nitrogens with two attached hydrogens (primary N) is 1. The van der Waals surface area contributed by atoms with Crippen LogP contribution in [0, 0.1) is 5.41 Å². The van der Waals surface area contributed by atoms with Crippen molar-refractivity contribution >= 4 is 34.8 Å². The van der Waals surface area contributed by atoms with Gasteiger partial charge in [0.2, 0.25) is 0 Å². The second kappa shape index (κ2) is 4.63. The Bertz CT molecular complexity index is 477. The molecular weight excluding hydrogens is 271 g/mol. The molecule has 0 radical (unpaired) electrons.